The highest BCUT2D eigenvalue weighted by atomic mass is 79.9. The van der Waals surface area contributed by atoms with Crippen LogP contribution in [-0.4, -0.2) is 28.5 Å². The van der Waals surface area contributed by atoms with Gasteiger partial charge < -0.3 is 0 Å². The van der Waals surface area contributed by atoms with E-state index in [0.29, 0.717) is 17.1 Å². The van der Waals surface area contributed by atoms with Gasteiger partial charge in [0, 0.05) is 4.47 Å². The molecule has 0 aliphatic carbocycles. The largest absolute Gasteiger partial charge is 0.298 e. The van der Waals surface area contributed by atoms with Crippen LogP contribution >= 0.6 is 40.6 Å². The minimum absolute atomic E-state index is 0. The summed E-state index contributed by atoms with van der Waals surface area (Å²) in [6.07, 6.45) is 1.36. The molecule has 0 aromatic heterocycles. The van der Waals surface area contributed by atoms with E-state index in [4.69, 9.17) is 12.2 Å². The molecule has 1 fully saturated rings. The van der Waals surface area contributed by atoms with Crippen LogP contribution in [0.3, 0.4) is 0 Å². The summed E-state index contributed by atoms with van der Waals surface area (Å²) in [6.45, 7) is 1.69. The Bertz CT molecular complexity index is 1140. The third-order valence-corrected chi connectivity index (χ3v) is 5.52. The average Bonchev–Trinajstić information content (AvgIpc) is 3.01. The molecule has 3 amide bonds. The summed E-state index contributed by atoms with van der Waals surface area (Å²) in [5.74, 6) is -2.40. The van der Waals surface area contributed by atoms with E-state index in [0.717, 1.165) is 4.47 Å². The second-order valence-electron chi connectivity index (χ2n) is 6.66. The summed E-state index contributed by atoms with van der Waals surface area (Å²) in [6, 6.07) is 15.9. The summed E-state index contributed by atoms with van der Waals surface area (Å²) in [4.78, 5) is 39.8. The van der Waals surface area contributed by atoms with Crippen molar-refractivity contribution in [2.75, 3.05) is 9.91 Å². The van der Waals surface area contributed by atoms with Crippen LogP contribution in [-0.2, 0) is 14.4 Å². The maximum atomic E-state index is 13.1. The fourth-order valence-electron chi connectivity index (χ4n) is 3.19. The van der Waals surface area contributed by atoms with Crippen LogP contribution in [0.5, 0.6) is 0 Å². The molecule has 31 heavy (non-hydrogen) atoms. The standard InChI is InChI=1S/C21H15BrN4O3S.ClH/c1-12-16(20(29)26(24-12)15-5-3-2-4-6-15)11-17-18(27)23-21(30)25(19(17)28)14-9-7-13(22)8-10-14;/h2-11,16H,1H3,(H,23,27,30);1H. The van der Waals surface area contributed by atoms with Crippen LogP contribution in [0.4, 0.5) is 11.4 Å². The van der Waals surface area contributed by atoms with Crippen molar-refractivity contribution in [2.24, 2.45) is 11.0 Å². The number of hydrogen-bond donors (Lipinski definition) is 1. The first kappa shape index (κ1) is 22.8. The van der Waals surface area contributed by atoms with Crippen molar-refractivity contribution in [1.29, 1.82) is 0 Å². The van der Waals surface area contributed by atoms with Crippen LogP contribution < -0.4 is 15.2 Å². The number of benzene rings is 2. The van der Waals surface area contributed by atoms with Crippen molar-refractivity contribution in [3.8, 4) is 0 Å². The number of anilines is 2. The number of thiocarbonyl (C=S) groups is 1. The number of carbonyl (C=O) groups is 3. The highest BCUT2D eigenvalue weighted by Crippen LogP contribution is 2.27. The Morgan fingerprint density at radius 2 is 1.68 bits per heavy atom. The number of amides is 3. The predicted molar refractivity (Wildman–Crippen MR) is 128 cm³/mol. The molecule has 0 radical (unpaired) electrons. The van der Waals surface area contributed by atoms with Gasteiger partial charge in [0.2, 0.25) is 0 Å². The van der Waals surface area contributed by atoms with E-state index < -0.39 is 17.7 Å². The Kier molecular flexibility index (Phi) is 6.68. The second-order valence-corrected chi connectivity index (χ2v) is 7.96. The van der Waals surface area contributed by atoms with Crippen LogP contribution in [0.2, 0.25) is 0 Å². The lowest BCUT2D eigenvalue weighted by Gasteiger charge is -2.29. The smallest absolute Gasteiger partial charge is 0.269 e. The normalized spacial score (nSPS) is 20.0. The lowest BCUT2D eigenvalue weighted by Crippen LogP contribution is -2.54. The van der Waals surface area contributed by atoms with Crippen molar-refractivity contribution in [2.45, 2.75) is 6.92 Å². The molecule has 7 nitrogen and oxygen atoms in total. The van der Waals surface area contributed by atoms with Gasteiger partial charge in [0.25, 0.3) is 17.7 Å². The molecule has 4 rings (SSSR count). The Morgan fingerprint density at radius 1 is 1.03 bits per heavy atom. The van der Waals surface area contributed by atoms with E-state index in [9.17, 15) is 14.4 Å². The molecular weight excluding hydrogens is 504 g/mol. The topological polar surface area (TPSA) is 82.1 Å². The molecule has 10 heteroatoms. The quantitative estimate of drug-likeness (QED) is 0.382. The van der Waals surface area contributed by atoms with Gasteiger partial charge in [0.1, 0.15) is 5.57 Å². The molecule has 2 aliphatic heterocycles. The molecule has 158 valence electrons. The molecule has 1 atom stereocenters. The van der Waals surface area contributed by atoms with E-state index in [1.54, 1.807) is 55.5 Å². The van der Waals surface area contributed by atoms with Crippen molar-refractivity contribution in [3.05, 3.63) is 70.7 Å². The maximum absolute atomic E-state index is 13.1. The number of nitrogens with zero attached hydrogens (tertiary/aromatic N) is 3. The SMILES string of the molecule is CC1=NN(c2ccccc2)C(=O)C1C=C1C(=O)NC(=S)N(c2ccc(Br)cc2)C1=O.Cl. The summed E-state index contributed by atoms with van der Waals surface area (Å²) in [5, 5.41) is 8.09. The molecule has 1 unspecified atom stereocenters. The van der Waals surface area contributed by atoms with Gasteiger partial charge in [-0.05, 0) is 61.6 Å². The maximum Gasteiger partial charge on any atom is 0.269 e. The van der Waals surface area contributed by atoms with Crippen LogP contribution in [0.1, 0.15) is 6.92 Å². The summed E-state index contributed by atoms with van der Waals surface area (Å²) >= 11 is 8.54. The number of rotatable bonds is 3. The lowest BCUT2D eigenvalue weighted by molar-refractivity contribution is -0.122. The van der Waals surface area contributed by atoms with Crippen LogP contribution in [0.15, 0.2) is 75.8 Å². The molecule has 2 aromatic rings. The van der Waals surface area contributed by atoms with Gasteiger partial charge >= 0.3 is 0 Å². The molecule has 2 heterocycles. The summed E-state index contributed by atoms with van der Waals surface area (Å²) in [5.41, 5.74) is 1.45. The van der Waals surface area contributed by atoms with Crippen molar-refractivity contribution in [1.82, 2.24) is 5.32 Å². The Hall–Kier alpha value is -2.88. The zero-order chi connectivity index (χ0) is 21.4. The Balaban J connectivity index is 0.00000272. The van der Waals surface area contributed by atoms with E-state index in [2.05, 4.69) is 26.3 Å². The third kappa shape index (κ3) is 4.30. The van der Waals surface area contributed by atoms with Gasteiger partial charge in [0.05, 0.1) is 23.0 Å². The van der Waals surface area contributed by atoms with Crippen LogP contribution in [0.25, 0.3) is 0 Å². The minimum atomic E-state index is -0.826. The molecule has 1 N–H and O–H groups in total. The van der Waals surface area contributed by atoms with Gasteiger partial charge in [0.15, 0.2) is 5.11 Å². The number of para-hydroxylation sites is 1. The van der Waals surface area contributed by atoms with E-state index >= 15 is 0 Å². The molecule has 0 saturated carbocycles. The predicted octanol–water partition coefficient (Wildman–Crippen LogP) is 3.58. The third-order valence-electron chi connectivity index (χ3n) is 4.70. The minimum Gasteiger partial charge on any atom is -0.298 e. The van der Waals surface area contributed by atoms with Gasteiger partial charge in [-0.2, -0.15) is 10.1 Å². The molecule has 0 bridgehead atoms. The Morgan fingerprint density at radius 3 is 2.32 bits per heavy atom. The van der Waals surface area contributed by atoms with Crippen molar-refractivity contribution in [3.63, 3.8) is 0 Å². The van der Waals surface area contributed by atoms with Crippen molar-refractivity contribution < 1.29 is 14.4 Å². The number of carbonyl (C=O) groups excluding carboxylic acids is 3. The molecular formula is C21H16BrClN4O3S. The lowest BCUT2D eigenvalue weighted by atomic mass is 9.98. The first-order valence-electron chi connectivity index (χ1n) is 8.98. The zero-order valence-corrected chi connectivity index (χ0v) is 19.3. The monoisotopic (exact) mass is 518 g/mol. The fourth-order valence-corrected chi connectivity index (χ4v) is 3.74. The van der Waals surface area contributed by atoms with E-state index in [1.807, 2.05) is 6.07 Å². The highest BCUT2D eigenvalue weighted by molar-refractivity contribution is 9.10. The molecule has 1 saturated heterocycles. The van der Waals surface area contributed by atoms with Gasteiger partial charge in [-0.15, -0.1) is 12.4 Å². The Labute approximate surface area is 198 Å². The number of hydrogen-bond acceptors (Lipinski definition) is 5. The van der Waals surface area contributed by atoms with Gasteiger partial charge in [-0.25, -0.2) is 0 Å². The second kappa shape index (κ2) is 9.09. The van der Waals surface area contributed by atoms with Gasteiger partial charge in [-0.3, -0.25) is 24.6 Å². The average molecular weight is 520 g/mol. The fraction of sp³-hybridized carbons (Fsp3) is 0.0952. The highest BCUT2D eigenvalue weighted by Gasteiger charge is 2.39. The van der Waals surface area contributed by atoms with E-state index in [-0.39, 0.29) is 29.0 Å². The molecule has 0 spiro atoms. The number of nitrogens with one attached hydrogen (secondary N) is 1. The van der Waals surface area contributed by atoms with E-state index in [1.165, 1.54) is 16.0 Å². The van der Waals surface area contributed by atoms with Crippen molar-refractivity contribution >= 4 is 80.5 Å². The van der Waals surface area contributed by atoms with Crippen LogP contribution in [0, 0.1) is 5.92 Å². The number of halogens is 2. The van der Waals surface area contributed by atoms with Gasteiger partial charge in [-0.1, -0.05) is 34.1 Å². The first-order valence-corrected chi connectivity index (χ1v) is 10.2. The summed E-state index contributed by atoms with van der Waals surface area (Å²) in [7, 11) is 0. The summed E-state index contributed by atoms with van der Waals surface area (Å²) < 4.78 is 0.839. The molecule has 2 aromatic carbocycles. The number of hydrazone groups is 1. The molecule has 2 aliphatic rings. The first-order chi connectivity index (χ1) is 14.4. The zero-order valence-electron chi connectivity index (χ0n) is 16.1.